The van der Waals surface area contributed by atoms with Crippen LogP contribution in [0.25, 0.3) is 0 Å². The monoisotopic (exact) mass is 317 g/mol. The standard InChI is InChI=1S/C15H21F2NO4/c1-9-7-11(10(2)22-9)13(3,20)8-18-12(19)15(16,17)14(21)5-4-6-14/h7,20-21H,4-6,8H2,1-3H3,(H,18,19). The van der Waals surface area contributed by atoms with Crippen LogP contribution in [0.15, 0.2) is 10.5 Å². The summed E-state index contributed by atoms with van der Waals surface area (Å²) in [6.07, 6.45) is 0.248. The van der Waals surface area contributed by atoms with Gasteiger partial charge < -0.3 is 19.9 Å². The van der Waals surface area contributed by atoms with Gasteiger partial charge in [-0.05, 0) is 46.1 Å². The first-order valence-corrected chi connectivity index (χ1v) is 7.18. The summed E-state index contributed by atoms with van der Waals surface area (Å²) in [5.41, 5.74) is -3.39. The van der Waals surface area contributed by atoms with Crippen LogP contribution < -0.4 is 5.32 Å². The van der Waals surface area contributed by atoms with Gasteiger partial charge in [-0.3, -0.25) is 4.79 Å². The second-order valence-electron chi connectivity index (χ2n) is 6.24. The lowest BCUT2D eigenvalue weighted by Gasteiger charge is -2.41. The molecule has 1 atom stereocenters. The van der Waals surface area contributed by atoms with E-state index in [1.165, 1.54) is 6.92 Å². The molecule has 1 aromatic rings. The Morgan fingerprint density at radius 3 is 2.45 bits per heavy atom. The van der Waals surface area contributed by atoms with Crippen LogP contribution in [0.3, 0.4) is 0 Å². The molecule has 0 aliphatic heterocycles. The number of alkyl halides is 2. The Bertz CT molecular complexity index is 576. The highest BCUT2D eigenvalue weighted by molar-refractivity contribution is 5.85. The Labute approximate surface area is 127 Å². The maximum absolute atomic E-state index is 13.9. The van der Waals surface area contributed by atoms with Crippen LogP contribution in [0, 0.1) is 13.8 Å². The zero-order valence-electron chi connectivity index (χ0n) is 12.9. The summed E-state index contributed by atoms with van der Waals surface area (Å²) in [4.78, 5) is 11.7. The largest absolute Gasteiger partial charge is 0.466 e. The topological polar surface area (TPSA) is 82.7 Å². The van der Waals surface area contributed by atoms with Crippen molar-refractivity contribution in [3.8, 4) is 0 Å². The van der Waals surface area contributed by atoms with E-state index in [2.05, 4.69) is 0 Å². The second-order valence-corrected chi connectivity index (χ2v) is 6.24. The quantitative estimate of drug-likeness (QED) is 0.773. The Balaban J connectivity index is 2.05. The van der Waals surface area contributed by atoms with Gasteiger partial charge in [0.1, 0.15) is 22.7 Å². The summed E-state index contributed by atoms with van der Waals surface area (Å²) >= 11 is 0. The zero-order valence-corrected chi connectivity index (χ0v) is 12.9. The molecule has 1 amide bonds. The molecule has 1 saturated carbocycles. The van der Waals surface area contributed by atoms with Crippen molar-refractivity contribution in [2.24, 2.45) is 0 Å². The molecule has 1 fully saturated rings. The lowest BCUT2D eigenvalue weighted by molar-refractivity contribution is -0.216. The third kappa shape index (κ3) is 2.75. The molecule has 1 aliphatic rings. The van der Waals surface area contributed by atoms with Crippen LogP contribution in [0.5, 0.6) is 0 Å². The number of amides is 1. The van der Waals surface area contributed by atoms with E-state index in [0.29, 0.717) is 23.5 Å². The van der Waals surface area contributed by atoms with Gasteiger partial charge in [0, 0.05) is 5.56 Å². The van der Waals surface area contributed by atoms with E-state index in [0.717, 1.165) is 0 Å². The van der Waals surface area contributed by atoms with Gasteiger partial charge in [0.05, 0.1) is 6.54 Å². The maximum atomic E-state index is 13.9. The summed E-state index contributed by atoms with van der Waals surface area (Å²) in [5, 5.41) is 22.1. The first-order valence-electron chi connectivity index (χ1n) is 7.18. The molecule has 5 nitrogen and oxygen atoms in total. The van der Waals surface area contributed by atoms with Gasteiger partial charge in [0.25, 0.3) is 5.91 Å². The van der Waals surface area contributed by atoms with E-state index in [9.17, 15) is 23.8 Å². The molecule has 3 N–H and O–H groups in total. The number of carbonyl (C=O) groups is 1. The number of aryl methyl sites for hydroxylation is 2. The number of aliphatic hydroxyl groups is 2. The highest BCUT2D eigenvalue weighted by Gasteiger charge is 2.61. The molecule has 1 unspecified atom stereocenters. The maximum Gasteiger partial charge on any atom is 0.352 e. The number of hydrogen-bond acceptors (Lipinski definition) is 4. The molecule has 1 aliphatic carbocycles. The highest BCUT2D eigenvalue weighted by Crippen LogP contribution is 2.44. The Morgan fingerprint density at radius 1 is 1.45 bits per heavy atom. The van der Waals surface area contributed by atoms with Gasteiger partial charge in [-0.1, -0.05) is 0 Å². The number of halogens is 2. The van der Waals surface area contributed by atoms with E-state index in [-0.39, 0.29) is 12.8 Å². The fourth-order valence-electron chi connectivity index (χ4n) is 2.66. The first kappa shape index (κ1) is 16.9. The van der Waals surface area contributed by atoms with Crippen molar-refractivity contribution in [2.75, 3.05) is 6.54 Å². The summed E-state index contributed by atoms with van der Waals surface area (Å²) < 4.78 is 33.2. The molecule has 2 rings (SSSR count). The minimum Gasteiger partial charge on any atom is -0.466 e. The van der Waals surface area contributed by atoms with Crippen molar-refractivity contribution in [1.29, 1.82) is 0 Å². The smallest absolute Gasteiger partial charge is 0.352 e. The predicted octanol–water partition coefficient (Wildman–Crippen LogP) is 1.77. The van der Waals surface area contributed by atoms with Gasteiger partial charge in [-0.2, -0.15) is 8.78 Å². The van der Waals surface area contributed by atoms with Crippen molar-refractivity contribution in [1.82, 2.24) is 5.32 Å². The van der Waals surface area contributed by atoms with Crippen LogP contribution in [-0.4, -0.2) is 34.2 Å². The SMILES string of the molecule is Cc1cc(C(C)(O)CNC(=O)C(F)(F)C2(O)CCC2)c(C)o1. The van der Waals surface area contributed by atoms with Gasteiger partial charge in [-0.15, -0.1) is 0 Å². The van der Waals surface area contributed by atoms with E-state index in [4.69, 9.17) is 4.42 Å². The van der Waals surface area contributed by atoms with Crippen molar-refractivity contribution >= 4 is 5.91 Å². The molecule has 0 radical (unpaired) electrons. The number of carbonyl (C=O) groups excluding carboxylic acids is 1. The summed E-state index contributed by atoms with van der Waals surface area (Å²) in [7, 11) is 0. The molecular weight excluding hydrogens is 296 g/mol. The van der Waals surface area contributed by atoms with Gasteiger partial charge in [-0.25, -0.2) is 0 Å². The van der Waals surface area contributed by atoms with E-state index < -0.39 is 29.6 Å². The molecule has 0 aromatic carbocycles. The van der Waals surface area contributed by atoms with Gasteiger partial charge in [0.15, 0.2) is 0 Å². The zero-order chi connectivity index (χ0) is 16.8. The molecule has 1 aromatic heterocycles. The molecule has 22 heavy (non-hydrogen) atoms. The molecule has 1 heterocycles. The van der Waals surface area contributed by atoms with Crippen LogP contribution >= 0.6 is 0 Å². The van der Waals surface area contributed by atoms with Crippen LogP contribution in [-0.2, 0) is 10.4 Å². The Hall–Kier alpha value is -1.47. The van der Waals surface area contributed by atoms with Crippen molar-refractivity contribution in [2.45, 2.75) is 57.2 Å². The molecule has 0 saturated heterocycles. The number of hydrogen-bond donors (Lipinski definition) is 3. The van der Waals surface area contributed by atoms with Crippen LogP contribution in [0.4, 0.5) is 8.78 Å². The number of nitrogens with one attached hydrogen (secondary N) is 1. The van der Waals surface area contributed by atoms with Crippen molar-refractivity contribution in [3.05, 3.63) is 23.2 Å². The minimum absolute atomic E-state index is 0.107. The fraction of sp³-hybridized carbons (Fsp3) is 0.667. The van der Waals surface area contributed by atoms with Crippen molar-refractivity contribution in [3.63, 3.8) is 0 Å². The summed E-state index contributed by atoms with van der Waals surface area (Å²) in [5.74, 6) is -4.41. The average Bonchev–Trinajstić information content (AvgIpc) is 2.72. The molecule has 7 heteroatoms. The predicted molar refractivity (Wildman–Crippen MR) is 74.5 cm³/mol. The minimum atomic E-state index is -3.87. The molecule has 0 bridgehead atoms. The number of rotatable bonds is 5. The fourth-order valence-corrected chi connectivity index (χ4v) is 2.66. The third-order valence-corrected chi connectivity index (χ3v) is 4.26. The third-order valence-electron chi connectivity index (χ3n) is 4.26. The Kier molecular flexibility index (Phi) is 4.08. The molecular formula is C15H21F2NO4. The van der Waals surface area contributed by atoms with Crippen LogP contribution in [0.1, 0.15) is 43.3 Å². The normalized spacial score (nSPS) is 20.1. The van der Waals surface area contributed by atoms with Crippen molar-refractivity contribution < 1.29 is 28.2 Å². The van der Waals surface area contributed by atoms with Gasteiger partial charge >= 0.3 is 5.92 Å². The Morgan fingerprint density at radius 2 is 2.05 bits per heavy atom. The van der Waals surface area contributed by atoms with Gasteiger partial charge in [0.2, 0.25) is 0 Å². The average molecular weight is 317 g/mol. The molecule has 0 spiro atoms. The van der Waals surface area contributed by atoms with E-state index in [1.54, 1.807) is 19.9 Å². The van der Waals surface area contributed by atoms with E-state index in [1.807, 2.05) is 5.32 Å². The lowest BCUT2D eigenvalue weighted by Crippen LogP contribution is -2.61. The lowest BCUT2D eigenvalue weighted by atomic mass is 9.75. The van der Waals surface area contributed by atoms with Crippen LogP contribution in [0.2, 0.25) is 0 Å². The highest BCUT2D eigenvalue weighted by atomic mass is 19.3. The number of furan rings is 1. The summed E-state index contributed by atoms with van der Waals surface area (Å²) in [6.45, 7) is 4.34. The molecule has 124 valence electrons. The first-order chi connectivity index (χ1) is 9.99. The summed E-state index contributed by atoms with van der Waals surface area (Å²) in [6, 6.07) is 1.60. The van der Waals surface area contributed by atoms with E-state index >= 15 is 0 Å². The second kappa shape index (κ2) is 5.31.